The number of anilines is 1. The molecule has 1 aliphatic heterocycles. The van der Waals surface area contributed by atoms with Crippen LogP contribution in [0.4, 0.5) is 5.82 Å². The molecule has 2 rings (SSSR count). The van der Waals surface area contributed by atoms with E-state index < -0.39 is 0 Å². The number of amides is 1. The number of hydrogen-bond acceptors (Lipinski definition) is 5. The van der Waals surface area contributed by atoms with Gasteiger partial charge in [-0.2, -0.15) is 0 Å². The fourth-order valence-electron chi connectivity index (χ4n) is 1.87. The van der Waals surface area contributed by atoms with Crippen LogP contribution in [0.3, 0.4) is 0 Å². The maximum absolute atomic E-state index is 11.8. The topological polar surface area (TPSA) is 80.5 Å². The standard InChI is InChI=1S/C12H18N4O2.ClH/c1-16-5-6-18-9(8-16)7-14-12(17)10-3-2-4-11(13)15-10;/h2-4,9H,5-8H2,1H3,(H2,13,15)(H,14,17);1H. The number of nitrogens with one attached hydrogen (secondary N) is 1. The fraction of sp³-hybridized carbons (Fsp3) is 0.500. The number of nitrogen functional groups attached to an aromatic ring is 1. The molecule has 106 valence electrons. The summed E-state index contributed by atoms with van der Waals surface area (Å²) in [7, 11) is 2.04. The molecule has 0 radical (unpaired) electrons. The van der Waals surface area contributed by atoms with E-state index in [9.17, 15) is 4.79 Å². The van der Waals surface area contributed by atoms with Crippen molar-refractivity contribution in [3.8, 4) is 0 Å². The largest absolute Gasteiger partial charge is 0.384 e. The molecule has 1 saturated heterocycles. The van der Waals surface area contributed by atoms with Crippen molar-refractivity contribution in [2.45, 2.75) is 6.10 Å². The molecule has 1 aromatic heterocycles. The molecule has 1 unspecified atom stereocenters. The summed E-state index contributed by atoms with van der Waals surface area (Å²) in [6.45, 7) is 2.94. The predicted molar refractivity (Wildman–Crippen MR) is 75.5 cm³/mol. The van der Waals surface area contributed by atoms with E-state index in [0.29, 0.717) is 24.7 Å². The van der Waals surface area contributed by atoms with Crippen LogP contribution in [0.15, 0.2) is 18.2 Å². The molecule has 0 saturated carbocycles. The van der Waals surface area contributed by atoms with Gasteiger partial charge in [0.2, 0.25) is 0 Å². The molecular weight excluding hydrogens is 268 g/mol. The Balaban J connectivity index is 0.00000180. The van der Waals surface area contributed by atoms with Gasteiger partial charge >= 0.3 is 0 Å². The molecule has 0 spiro atoms. The minimum atomic E-state index is -0.223. The van der Waals surface area contributed by atoms with Crippen molar-refractivity contribution in [1.29, 1.82) is 0 Å². The number of rotatable bonds is 3. The first-order chi connectivity index (χ1) is 8.65. The van der Waals surface area contributed by atoms with Crippen LogP contribution in [-0.2, 0) is 4.74 Å². The third kappa shape index (κ3) is 4.66. The molecule has 1 fully saturated rings. The number of aromatic nitrogens is 1. The molecule has 3 N–H and O–H groups in total. The summed E-state index contributed by atoms with van der Waals surface area (Å²) in [4.78, 5) is 18.0. The summed E-state index contributed by atoms with van der Waals surface area (Å²) in [5.41, 5.74) is 5.86. The van der Waals surface area contributed by atoms with Crippen molar-refractivity contribution in [3.63, 3.8) is 0 Å². The van der Waals surface area contributed by atoms with Gasteiger partial charge in [-0.1, -0.05) is 6.07 Å². The molecule has 2 heterocycles. The highest BCUT2D eigenvalue weighted by Gasteiger charge is 2.18. The second-order valence-corrected chi connectivity index (χ2v) is 4.41. The van der Waals surface area contributed by atoms with E-state index in [2.05, 4.69) is 15.2 Å². The normalized spacial score (nSPS) is 19.5. The van der Waals surface area contributed by atoms with Crippen molar-refractivity contribution in [1.82, 2.24) is 15.2 Å². The zero-order valence-electron chi connectivity index (χ0n) is 10.8. The Kier molecular flexibility index (Phi) is 6.01. The number of halogens is 1. The van der Waals surface area contributed by atoms with E-state index >= 15 is 0 Å². The van der Waals surface area contributed by atoms with Crippen molar-refractivity contribution in [2.24, 2.45) is 0 Å². The Morgan fingerprint density at radius 3 is 3.11 bits per heavy atom. The summed E-state index contributed by atoms with van der Waals surface area (Å²) in [6.07, 6.45) is 0.0359. The Bertz CT molecular complexity index is 430. The molecule has 19 heavy (non-hydrogen) atoms. The van der Waals surface area contributed by atoms with E-state index in [0.717, 1.165) is 13.1 Å². The third-order valence-electron chi connectivity index (χ3n) is 2.84. The number of carbonyl (C=O) groups excluding carboxylic acids is 1. The van der Waals surface area contributed by atoms with Crippen LogP contribution in [0.25, 0.3) is 0 Å². The van der Waals surface area contributed by atoms with Gasteiger partial charge in [0.25, 0.3) is 5.91 Å². The van der Waals surface area contributed by atoms with Gasteiger partial charge in [-0.15, -0.1) is 12.4 Å². The van der Waals surface area contributed by atoms with Gasteiger partial charge < -0.3 is 20.7 Å². The number of likely N-dealkylation sites (N-methyl/N-ethyl adjacent to an activating group) is 1. The van der Waals surface area contributed by atoms with E-state index in [-0.39, 0.29) is 24.4 Å². The molecular formula is C12H19ClN4O2. The van der Waals surface area contributed by atoms with Crippen LogP contribution in [-0.4, -0.2) is 55.2 Å². The van der Waals surface area contributed by atoms with Crippen LogP contribution >= 0.6 is 12.4 Å². The first kappa shape index (κ1) is 15.7. The summed E-state index contributed by atoms with van der Waals surface area (Å²) in [5, 5.41) is 2.81. The van der Waals surface area contributed by atoms with Crippen LogP contribution < -0.4 is 11.1 Å². The highest BCUT2D eigenvalue weighted by Crippen LogP contribution is 2.03. The van der Waals surface area contributed by atoms with E-state index in [1.54, 1.807) is 18.2 Å². The number of ether oxygens (including phenoxy) is 1. The number of morpholine rings is 1. The summed E-state index contributed by atoms with van der Waals surface area (Å²) in [6, 6.07) is 5.00. The van der Waals surface area contributed by atoms with Gasteiger partial charge in [-0.3, -0.25) is 4.79 Å². The molecule has 1 aliphatic rings. The third-order valence-corrected chi connectivity index (χ3v) is 2.84. The molecule has 1 aromatic rings. The van der Waals surface area contributed by atoms with Gasteiger partial charge in [0.05, 0.1) is 12.7 Å². The summed E-state index contributed by atoms with van der Waals surface area (Å²) >= 11 is 0. The van der Waals surface area contributed by atoms with Gasteiger partial charge in [0.15, 0.2) is 0 Å². The monoisotopic (exact) mass is 286 g/mol. The maximum atomic E-state index is 11.8. The second kappa shape index (κ2) is 7.28. The SMILES string of the molecule is CN1CCOC(CNC(=O)c2cccc(N)n2)C1.Cl. The minimum Gasteiger partial charge on any atom is -0.384 e. The first-order valence-corrected chi connectivity index (χ1v) is 5.96. The molecule has 6 nitrogen and oxygen atoms in total. The lowest BCUT2D eigenvalue weighted by molar-refractivity contribution is -0.0175. The number of nitrogens with two attached hydrogens (primary N) is 1. The van der Waals surface area contributed by atoms with Crippen LogP contribution in [0.2, 0.25) is 0 Å². The van der Waals surface area contributed by atoms with Crippen molar-refractivity contribution in [3.05, 3.63) is 23.9 Å². The molecule has 0 bridgehead atoms. The lowest BCUT2D eigenvalue weighted by atomic mass is 10.2. The smallest absolute Gasteiger partial charge is 0.270 e. The first-order valence-electron chi connectivity index (χ1n) is 5.96. The Morgan fingerprint density at radius 1 is 1.63 bits per heavy atom. The van der Waals surface area contributed by atoms with E-state index in [4.69, 9.17) is 10.5 Å². The number of hydrogen-bond donors (Lipinski definition) is 2. The zero-order chi connectivity index (χ0) is 13.0. The zero-order valence-corrected chi connectivity index (χ0v) is 11.7. The van der Waals surface area contributed by atoms with Crippen molar-refractivity contribution >= 4 is 24.1 Å². The average molecular weight is 287 g/mol. The van der Waals surface area contributed by atoms with Gasteiger partial charge in [0.1, 0.15) is 11.5 Å². The molecule has 1 amide bonds. The quantitative estimate of drug-likeness (QED) is 0.826. The number of nitrogens with zero attached hydrogens (tertiary/aromatic N) is 2. The number of pyridine rings is 1. The van der Waals surface area contributed by atoms with Crippen LogP contribution in [0, 0.1) is 0 Å². The van der Waals surface area contributed by atoms with Crippen LogP contribution in [0.1, 0.15) is 10.5 Å². The molecule has 7 heteroatoms. The van der Waals surface area contributed by atoms with Crippen molar-refractivity contribution in [2.75, 3.05) is 39.0 Å². The average Bonchev–Trinajstić information content (AvgIpc) is 2.36. The highest BCUT2D eigenvalue weighted by molar-refractivity contribution is 5.92. The highest BCUT2D eigenvalue weighted by atomic mass is 35.5. The lowest BCUT2D eigenvalue weighted by Gasteiger charge is -2.30. The minimum absolute atomic E-state index is 0. The van der Waals surface area contributed by atoms with E-state index in [1.165, 1.54) is 0 Å². The van der Waals surface area contributed by atoms with Gasteiger partial charge in [0, 0.05) is 19.6 Å². The van der Waals surface area contributed by atoms with Gasteiger partial charge in [-0.05, 0) is 19.2 Å². The Hall–Kier alpha value is -1.37. The molecule has 1 atom stereocenters. The Labute approximate surface area is 118 Å². The fourth-order valence-corrected chi connectivity index (χ4v) is 1.87. The van der Waals surface area contributed by atoms with Crippen LogP contribution in [0.5, 0.6) is 0 Å². The van der Waals surface area contributed by atoms with Crippen molar-refractivity contribution < 1.29 is 9.53 Å². The second-order valence-electron chi connectivity index (χ2n) is 4.41. The van der Waals surface area contributed by atoms with E-state index in [1.807, 2.05) is 7.05 Å². The summed E-state index contributed by atoms with van der Waals surface area (Å²) < 4.78 is 5.56. The number of carbonyl (C=O) groups is 1. The summed E-state index contributed by atoms with van der Waals surface area (Å²) in [5.74, 6) is 0.121. The molecule has 0 aromatic carbocycles. The van der Waals surface area contributed by atoms with Gasteiger partial charge in [-0.25, -0.2) is 4.98 Å². The molecule has 0 aliphatic carbocycles. The lowest BCUT2D eigenvalue weighted by Crippen LogP contribution is -2.46. The Morgan fingerprint density at radius 2 is 2.42 bits per heavy atom. The predicted octanol–water partition coefficient (Wildman–Crippen LogP) is 0.146. The maximum Gasteiger partial charge on any atom is 0.270 e.